The monoisotopic (exact) mass is 689 g/mol. The number of rotatable bonds is 8. The van der Waals surface area contributed by atoms with Crippen molar-refractivity contribution in [1.82, 2.24) is 0 Å². The lowest BCUT2D eigenvalue weighted by atomic mass is 9.76. The summed E-state index contributed by atoms with van der Waals surface area (Å²) in [5.74, 6) is -2.74. The minimum atomic E-state index is -1.79. The number of hydrogen-bond donors (Lipinski definition) is 5. The number of aliphatic hydroxyl groups excluding tert-OH is 3. The fourth-order valence-electron chi connectivity index (χ4n) is 8.75. The van der Waals surface area contributed by atoms with Gasteiger partial charge in [-0.15, -0.1) is 0 Å². The zero-order valence-electron chi connectivity index (χ0n) is 30.7. The number of hydrogen-bond acceptors (Lipinski definition) is 13. The first-order chi connectivity index (χ1) is 22.2. The first-order valence-electron chi connectivity index (χ1n) is 17.8. The van der Waals surface area contributed by atoms with Gasteiger partial charge < -0.3 is 59.3 Å². The van der Waals surface area contributed by atoms with Crippen molar-refractivity contribution < 1.29 is 58.4 Å². The second-order valence-corrected chi connectivity index (χ2v) is 15.9. The third kappa shape index (κ3) is 7.62. The van der Waals surface area contributed by atoms with Crippen molar-refractivity contribution in [1.29, 1.82) is 0 Å². The Morgan fingerprint density at radius 2 is 1.69 bits per heavy atom. The van der Waals surface area contributed by atoms with Crippen LogP contribution < -0.4 is 5.73 Å². The van der Waals surface area contributed by atoms with E-state index >= 15 is 0 Å². The van der Waals surface area contributed by atoms with Crippen LogP contribution in [0.2, 0.25) is 0 Å². The zero-order valence-corrected chi connectivity index (χ0v) is 30.7. The molecule has 0 aromatic rings. The van der Waals surface area contributed by atoms with Gasteiger partial charge in [0.2, 0.25) is 0 Å². The molecule has 48 heavy (non-hydrogen) atoms. The number of carbonyl (C=O) groups is 1. The Morgan fingerprint density at radius 3 is 2.29 bits per heavy atom. The smallest absolute Gasteiger partial charge is 0.311 e. The number of carbonyl (C=O) groups excluding carboxylic acids is 1. The van der Waals surface area contributed by atoms with E-state index in [-0.39, 0.29) is 24.9 Å². The molecule has 19 atom stereocenters. The van der Waals surface area contributed by atoms with Crippen molar-refractivity contribution in [2.75, 3.05) is 7.11 Å². The van der Waals surface area contributed by atoms with E-state index in [0.717, 1.165) is 0 Å². The maximum atomic E-state index is 14.2. The van der Waals surface area contributed by atoms with E-state index in [1.54, 1.807) is 27.7 Å². The summed E-state index contributed by atoms with van der Waals surface area (Å²) in [7, 11) is 1.52. The standard InChI is InChI=1S/C35H63NO12/c1-12-23(37)35(10,41)30-18(4)26-16(2)14-34(9,48-26)29(47-32-25(38)22(36)13-17(3)43-32)19(5)27(20(6)31(40)46-30)45-24-15-33(8,42-11)28(39)21(7)44-24/h16-30,32,37-39,41H,12-15,36H2,1-11H3/t16-,17-,18+,19+,20-,21+,22+,23-,24+,25-,26+,27+,28+,29-,30-,32+,33-,34-,35-/m1/s1. The van der Waals surface area contributed by atoms with Gasteiger partial charge >= 0.3 is 5.97 Å². The van der Waals surface area contributed by atoms with E-state index in [0.29, 0.717) is 12.8 Å². The molecule has 4 heterocycles. The van der Waals surface area contributed by atoms with Crippen molar-refractivity contribution in [3.63, 3.8) is 0 Å². The van der Waals surface area contributed by atoms with Crippen LogP contribution in [0, 0.1) is 23.7 Å². The number of nitrogens with two attached hydrogens (primary N) is 1. The van der Waals surface area contributed by atoms with Gasteiger partial charge in [0, 0.05) is 31.4 Å². The fraction of sp³-hybridized carbons (Fsp3) is 0.971. The Labute approximate surface area is 286 Å². The third-order valence-corrected chi connectivity index (χ3v) is 11.8. The minimum Gasteiger partial charge on any atom is -0.459 e. The van der Waals surface area contributed by atoms with Gasteiger partial charge in [-0.1, -0.05) is 27.7 Å². The molecular weight excluding hydrogens is 626 g/mol. The van der Waals surface area contributed by atoms with Crippen LogP contribution in [-0.2, 0) is 38.0 Å². The first kappa shape index (κ1) is 39.8. The largest absolute Gasteiger partial charge is 0.459 e. The number of aliphatic hydroxyl groups is 4. The lowest BCUT2D eigenvalue weighted by molar-refractivity contribution is -0.315. The molecule has 0 aromatic heterocycles. The molecular formula is C35H63NO12. The summed E-state index contributed by atoms with van der Waals surface area (Å²) < 4.78 is 44.5. The predicted octanol–water partition coefficient (Wildman–Crippen LogP) is 2.02. The van der Waals surface area contributed by atoms with E-state index in [1.165, 1.54) is 14.0 Å². The van der Waals surface area contributed by atoms with Crippen molar-refractivity contribution in [2.24, 2.45) is 29.4 Å². The summed E-state index contributed by atoms with van der Waals surface area (Å²) in [6.07, 6.45) is -7.92. The van der Waals surface area contributed by atoms with E-state index in [2.05, 4.69) is 0 Å². The molecule has 4 aliphatic heterocycles. The summed E-state index contributed by atoms with van der Waals surface area (Å²) in [5, 5.41) is 44.6. The summed E-state index contributed by atoms with van der Waals surface area (Å²) in [6.45, 7) is 18.1. The molecule has 13 nitrogen and oxygen atoms in total. The normalized spacial score (nSPS) is 51.0. The number of cyclic esters (lactones) is 1. The average Bonchev–Trinajstić information content (AvgIpc) is 3.34. The zero-order chi connectivity index (χ0) is 36.1. The molecule has 13 heteroatoms. The van der Waals surface area contributed by atoms with Gasteiger partial charge in [0.25, 0.3) is 0 Å². The van der Waals surface area contributed by atoms with Crippen LogP contribution in [-0.4, -0.2) is 124 Å². The molecule has 4 saturated heterocycles. The van der Waals surface area contributed by atoms with Crippen LogP contribution in [0.5, 0.6) is 0 Å². The number of esters is 1. The third-order valence-electron chi connectivity index (χ3n) is 11.8. The summed E-state index contributed by atoms with van der Waals surface area (Å²) in [4.78, 5) is 14.2. The number of methoxy groups -OCH3 is 1. The Balaban J connectivity index is 1.81. The maximum Gasteiger partial charge on any atom is 0.311 e. The molecule has 0 aliphatic carbocycles. The second kappa shape index (κ2) is 14.9. The Morgan fingerprint density at radius 1 is 1.04 bits per heavy atom. The summed E-state index contributed by atoms with van der Waals surface area (Å²) >= 11 is 0. The van der Waals surface area contributed by atoms with Crippen molar-refractivity contribution >= 4 is 5.97 Å². The van der Waals surface area contributed by atoms with Gasteiger partial charge in [-0.25, -0.2) is 0 Å². The topological polar surface area (TPSA) is 189 Å². The predicted molar refractivity (Wildman–Crippen MR) is 174 cm³/mol. The van der Waals surface area contributed by atoms with Crippen LogP contribution >= 0.6 is 0 Å². The number of ether oxygens (including phenoxy) is 7. The lowest BCUT2D eigenvalue weighted by Gasteiger charge is -2.48. The molecule has 280 valence electrons. The molecule has 2 bridgehead atoms. The van der Waals surface area contributed by atoms with Crippen molar-refractivity contribution in [3.05, 3.63) is 0 Å². The lowest BCUT2D eigenvalue weighted by Crippen LogP contribution is -2.60. The van der Waals surface area contributed by atoms with Crippen LogP contribution in [0.25, 0.3) is 0 Å². The van der Waals surface area contributed by atoms with Gasteiger partial charge in [0.15, 0.2) is 12.6 Å². The molecule has 0 amide bonds. The van der Waals surface area contributed by atoms with Crippen molar-refractivity contribution in [3.8, 4) is 0 Å². The van der Waals surface area contributed by atoms with Crippen LogP contribution in [0.4, 0.5) is 0 Å². The van der Waals surface area contributed by atoms with Crippen molar-refractivity contribution in [2.45, 2.75) is 185 Å². The molecule has 6 N–H and O–H groups in total. The van der Waals surface area contributed by atoms with E-state index in [1.807, 2.05) is 34.6 Å². The molecule has 0 unspecified atom stereocenters. The second-order valence-electron chi connectivity index (χ2n) is 15.9. The summed E-state index contributed by atoms with van der Waals surface area (Å²) in [5.41, 5.74) is 2.55. The molecule has 0 spiro atoms. The Kier molecular flexibility index (Phi) is 12.4. The molecule has 4 aliphatic rings. The van der Waals surface area contributed by atoms with Crippen LogP contribution in [0.15, 0.2) is 0 Å². The molecule has 0 saturated carbocycles. The van der Waals surface area contributed by atoms with E-state index in [4.69, 9.17) is 38.9 Å². The van der Waals surface area contributed by atoms with Gasteiger partial charge in [0.05, 0.1) is 53.7 Å². The SMILES string of the molecule is CC[C@@H](O)[C@@](C)(O)[C@@H]1OC(=O)[C@H](C)[C@@H](O[C@H]2C[C@@](C)(OC)[C@@H](O)[C@H](C)O2)[C@H](C)[C@@H](O[C@@H]2O[C@H](C)C[C@H](N)[C@H]2O)[C@@]2(C)C[C@@H](C)[C@H](O2)[C@@H]1C. The fourth-order valence-corrected chi connectivity index (χ4v) is 8.75. The van der Waals surface area contributed by atoms with Gasteiger partial charge in [0.1, 0.15) is 23.9 Å². The number of fused-ring (bicyclic) bond motifs is 2. The molecule has 4 fully saturated rings. The van der Waals surface area contributed by atoms with E-state index < -0.39 is 108 Å². The Bertz CT molecular complexity index is 1100. The molecule has 0 radical (unpaired) electrons. The highest BCUT2D eigenvalue weighted by molar-refractivity contribution is 5.73. The van der Waals surface area contributed by atoms with Crippen LogP contribution in [0.3, 0.4) is 0 Å². The Hall–Kier alpha value is -0.970. The maximum absolute atomic E-state index is 14.2. The van der Waals surface area contributed by atoms with Gasteiger partial charge in [-0.3, -0.25) is 4.79 Å². The highest BCUT2D eigenvalue weighted by atomic mass is 16.7. The quantitative estimate of drug-likeness (QED) is 0.233. The molecule has 0 aromatic carbocycles. The first-order valence-corrected chi connectivity index (χ1v) is 17.8. The van der Waals surface area contributed by atoms with Gasteiger partial charge in [-0.2, -0.15) is 0 Å². The van der Waals surface area contributed by atoms with E-state index in [9.17, 15) is 25.2 Å². The average molecular weight is 690 g/mol. The highest BCUT2D eigenvalue weighted by Crippen LogP contribution is 2.48. The van der Waals surface area contributed by atoms with Crippen LogP contribution in [0.1, 0.15) is 94.9 Å². The summed E-state index contributed by atoms with van der Waals surface area (Å²) in [6, 6.07) is -0.565. The highest BCUT2D eigenvalue weighted by Gasteiger charge is 2.58. The van der Waals surface area contributed by atoms with Gasteiger partial charge in [-0.05, 0) is 66.7 Å². The molecule has 4 rings (SSSR count). The minimum absolute atomic E-state index is 0.0694.